The van der Waals surface area contributed by atoms with Gasteiger partial charge in [0.05, 0.1) is 0 Å². The summed E-state index contributed by atoms with van der Waals surface area (Å²) in [5, 5.41) is 19.7. The molecule has 20 heavy (non-hydrogen) atoms. The van der Waals surface area contributed by atoms with Crippen LogP contribution in [0.15, 0.2) is 42.5 Å². The van der Waals surface area contributed by atoms with Gasteiger partial charge in [0.25, 0.3) is 0 Å². The van der Waals surface area contributed by atoms with Crippen molar-refractivity contribution in [2.24, 2.45) is 5.73 Å². The van der Waals surface area contributed by atoms with E-state index in [1.165, 1.54) is 6.07 Å². The number of hydrogen-bond acceptors (Lipinski definition) is 4. The maximum absolute atomic E-state index is 10.0. The molecule has 0 amide bonds. The van der Waals surface area contributed by atoms with Gasteiger partial charge in [0.1, 0.15) is 11.9 Å². The third-order valence-corrected chi connectivity index (χ3v) is 3.39. The van der Waals surface area contributed by atoms with Gasteiger partial charge in [-0.25, -0.2) is 0 Å². The minimum absolute atomic E-state index is 0.141. The van der Waals surface area contributed by atoms with Crippen molar-refractivity contribution in [3.05, 3.63) is 59.2 Å². The van der Waals surface area contributed by atoms with Crippen LogP contribution in [0.1, 0.15) is 22.8 Å². The molecule has 0 spiro atoms. The van der Waals surface area contributed by atoms with Gasteiger partial charge in [-0.1, -0.05) is 36.4 Å². The Morgan fingerprint density at radius 1 is 1.05 bits per heavy atom. The van der Waals surface area contributed by atoms with E-state index in [-0.39, 0.29) is 17.6 Å². The number of aromatic hydroxyl groups is 2. The summed E-state index contributed by atoms with van der Waals surface area (Å²) >= 11 is 0. The molecule has 1 aliphatic heterocycles. The van der Waals surface area contributed by atoms with Crippen LogP contribution < -0.4 is 5.73 Å². The lowest BCUT2D eigenvalue weighted by atomic mass is 9.96. The zero-order valence-corrected chi connectivity index (χ0v) is 10.8. The van der Waals surface area contributed by atoms with Gasteiger partial charge in [-0.3, -0.25) is 0 Å². The minimum atomic E-state index is -0.336. The van der Waals surface area contributed by atoms with Crippen LogP contribution >= 0.6 is 0 Å². The molecule has 1 heterocycles. The molecular formula is C16H15NO3. The largest absolute Gasteiger partial charge is 0.504 e. The lowest BCUT2D eigenvalue weighted by molar-refractivity contribution is 0.174. The molecule has 4 heteroatoms. The van der Waals surface area contributed by atoms with E-state index < -0.39 is 0 Å². The Hall–Kier alpha value is -2.46. The Bertz CT molecular complexity index is 665. The molecule has 102 valence electrons. The van der Waals surface area contributed by atoms with Gasteiger partial charge in [-0.2, -0.15) is 0 Å². The number of fused-ring (bicyclic) bond motifs is 1. The molecule has 1 aliphatic rings. The molecule has 0 saturated heterocycles. The number of hydrogen-bond donors (Lipinski definition) is 3. The summed E-state index contributed by atoms with van der Waals surface area (Å²) in [7, 11) is 0. The molecule has 0 unspecified atom stereocenters. The summed E-state index contributed by atoms with van der Waals surface area (Å²) in [4.78, 5) is 0. The number of rotatable bonds is 2. The molecule has 0 aliphatic carbocycles. The maximum Gasteiger partial charge on any atom is 0.165 e. The third-order valence-electron chi connectivity index (χ3n) is 3.39. The summed E-state index contributed by atoms with van der Waals surface area (Å²) in [6, 6.07) is 12.8. The standard InChI is InChI=1S/C16H15NO3/c17-9-15-11-6-7-13(18)16(19)12(11)8-14(20-15)10-4-2-1-3-5-10/h1-8,15,18-19H,9,17H2/t15-/m1/s1. The van der Waals surface area contributed by atoms with Gasteiger partial charge < -0.3 is 20.7 Å². The molecule has 0 aromatic heterocycles. The van der Waals surface area contributed by atoms with E-state index in [1.807, 2.05) is 30.3 Å². The SMILES string of the molecule is NC[C@H]1OC(c2ccccc2)=Cc2c1ccc(O)c2O. The minimum Gasteiger partial charge on any atom is -0.504 e. The fourth-order valence-corrected chi connectivity index (χ4v) is 2.36. The molecule has 0 radical (unpaired) electrons. The van der Waals surface area contributed by atoms with E-state index in [4.69, 9.17) is 10.5 Å². The molecule has 3 rings (SSSR count). The summed E-state index contributed by atoms with van der Waals surface area (Å²) in [5.74, 6) is 0.345. The van der Waals surface area contributed by atoms with Crippen LogP contribution in [0.5, 0.6) is 11.5 Å². The molecule has 0 bridgehead atoms. The van der Waals surface area contributed by atoms with Crippen molar-refractivity contribution < 1.29 is 14.9 Å². The fourth-order valence-electron chi connectivity index (χ4n) is 2.36. The molecular weight excluding hydrogens is 254 g/mol. The number of benzene rings is 2. The number of ether oxygens (including phenoxy) is 1. The van der Waals surface area contributed by atoms with Gasteiger partial charge in [0.2, 0.25) is 0 Å². The summed E-state index contributed by atoms with van der Waals surface area (Å²) in [6.45, 7) is 0.293. The molecule has 4 nitrogen and oxygen atoms in total. The second-order valence-corrected chi connectivity index (χ2v) is 4.65. The topological polar surface area (TPSA) is 75.7 Å². The average Bonchev–Trinajstić information content (AvgIpc) is 2.51. The highest BCUT2D eigenvalue weighted by Gasteiger charge is 2.25. The van der Waals surface area contributed by atoms with E-state index in [0.29, 0.717) is 17.9 Å². The van der Waals surface area contributed by atoms with E-state index in [0.717, 1.165) is 11.1 Å². The lowest BCUT2D eigenvalue weighted by Gasteiger charge is -2.27. The van der Waals surface area contributed by atoms with E-state index in [1.54, 1.807) is 12.1 Å². The molecule has 0 saturated carbocycles. The molecule has 2 aromatic rings. The van der Waals surface area contributed by atoms with Crippen molar-refractivity contribution in [3.63, 3.8) is 0 Å². The van der Waals surface area contributed by atoms with E-state index >= 15 is 0 Å². The Morgan fingerprint density at radius 2 is 1.80 bits per heavy atom. The van der Waals surface area contributed by atoms with Gasteiger partial charge in [0, 0.05) is 23.2 Å². The maximum atomic E-state index is 10.0. The highest BCUT2D eigenvalue weighted by molar-refractivity contribution is 5.83. The highest BCUT2D eigenvalue weighted by Crippen LogP contribution is 2.42. The van der Waals surface area contributed by atoms with E-state index in [2.05, 4.69) is 0 Å². The predicted molar refractivity (Wildman–Crippen MR) is 77.0 cm³/mol. The first kappa shape index (κ1) is 12.6. The Labute approximate surface area is 116 Å². The predicted octanol–water partition coefficient (Wildman–Crippen LogP) is 2.63. The van der Waals surface area contributed by atoms with Gasteiger partial charge in [-0.05, 0) is 12.1 Å². The number of nitrogens with two attached hydrogens (primary N) is 1. The molecule has 1 atom stereocenters. The zero-order chi connectivity index (χ0) is 14.1. The molecule has 2 aromatic carbocycles. The van der Waals surface area contributed by atoms with Crippen LogP contribution in [0.4, 0.5) is 0 Å². The second-order valence-electron chi connectivity index (χ2n) is 4.65. The normalized spacial score (nSPS) is 17.1. The van der Waals surface area contributed by atoms with Crippen molar-refractivity contribution in [1.82, 2.24) is 0 Å². The Kier molecular flexibility index (Phi) is 3.08. The van der Waals surface area contributed by atoms with Crippen molar-refractivity contribution in [3.8, 4) is 11.5 Å². The summed E-state index contributed by atoms with van der Waals surface area (Å²) in [5.41, 5.74) is 7.99. The fraction of sp³-hybridized carbons (Fsp3) is 0.125. The van der Waals surface area contributed by atoms with Crippen molar-refractivity contribution >= 4 is 11.8 Å². The smallest absolute Gasteiger partial charge is 0.165 e. The summed E-state index contributed by atoms with van der Waals surface area (Å²) < 4.78 is 5.89. The highest BCUT2D eigenvalue weighted by atomic mass is 16.5. The van der Waals surface area contributed by atoms with Crippen molar-refractivity contribution in [2.75, 3.05) is 6.54 Å². The van der Waals surface area contributed by atoms with Crippen molar-refractivity contribution in [2.45, 2.75) is 6.10 Å². The van der Waals surface area contributed by atoms with Crippen LogP contribution in [0.3, 0.4) is 0 Å². The van der Waals surface area contributed by atoms with Gasteiger partial charge in [-0.15, -0.1) is 0 Å². The van der Waals surface area contributed by atoms with Crippen LogP contribution in [-0.4, -0.2) is 16.8 Å². The quantitative estimate of drug-likeness (QED) is 0.732. The zero-order valence-electron chi connectivity index (χ0n) is 10.8. The van der Waals surface area contributed by atoms with Crippen LogP contribution in [0.25, 0.3) is 11.8 Å². The van der Waals surface area contributed by atoms with E-state index in [9.17, 15) is 10.2 Å². The average molecular weight is 269 g/mol. The summed E-state index contributed by atoms with van der Waals surface area (Å²) in [6.07, 6.45) is 1.39. The first-order valence-corrected chi connectivity index (χ1v) is 6.39. The number of phenolic OH excluding ortho intramolecular Hbond substituents is 2. The Morgan fingerprint density at radius 3 is 2.50 bits per heavy atom. The Balaban J connectivity index is 2.16. The first-order valence-electron chi connectivity index (χ1n) is 6.39. The molecule has 0 fully saturated rings. The molecule has 4 N–H and O–H groups in total. The number of phenols is 2. The van der Waals surface area contributed by atoms with Gasteiger partial charge in [0.15, 0.2) is 11.5 Å². The van der Waals surface area contributed by atoms with Gasteiger partial charge >= 0.3 is 0 Å². The van der Waals surface area contributed by atoms with Crippen LogP contribution in [-0.2, 0) is 4.74 Å². The third kappa shape index (κ3) is 2.00. The van der Waals surface area contributed by atoms with Crippen LogP contribution in [0, 0.1) is 0 Å². The second kappa shape index (κ2) is 4.90. The van der Waals surface area contributed by atoms with Crippen LogP contribution in [0.2, 0.25) is 0 Å². The monoisotopic (exact) mass is 269 g/mol. The van der Waals surface area contributed by atoms with Crippen molar-refractivity contribution in [1.29, 1.82) is 0 Å². The first-order chi connectivity index (χ1) is 9.70. The lowest BCUT2D eigenvalue weighted by Crippen LogP contribution is -2.19.